The van der Waals surface area contributed by atoms with E-state index in [0.717, 1.165) is 24.6 Å². The summed E-state index contributed by atoms with van der Waals surface area (Å²) in [6.07, 6.45) is -0.868. The molecule has 2 atom stereocenters. The molecule has 5 nitrogen and oxygen atoms in total. The van der Waals surface area contributed by atoms with Crippen molar-refractivity contribution in [2.24, 2.45) is 5.10 Å². The molecule has 2 fully saturated rings. The average molecular weight is 354 g/mol. The number of amides is 1. The molecule has 8 heteroatoms. The summed E-state index contributed by atoms with van der Waals surface area (Å²) in [7, 11) is 0. The number of cyclic esters (lactones) is 1. The number of carbonyl (C=O) groups is 1. The van der Waals surface area contributed by atoms with E-state index in [1.165, 1.54) is 6.07 Å². The number of nitrogens with zero attached hydrogens (tertiary/aromatic N) is 3. The lowest BCUT2D eigenvalue weighted by molar-refractivity contribution is 0.139. The quantitative estimate of drug-likeness (QED) is 0.474. The van der Waals surface area contributed by atoms with Gasteiger partial charge in [0.15, 0.2) is 24.2 Å². The van der Waals surface area contributed by atoms with E-state index in [0.29, 0.717) is 11.4 Å². The summed E-state index contributed by atoms with van der Waals surface area (Å²) < 4.78 is 19.3. The molecule has 1 unspecified atom stereocenters. The zero-order valence-electron chi connectivity index (χ0n) is 12.7. The Balaban J connectivity index is 1.98. The summed E-state index contributed by atoms with van der Waals surface area (Å²) in [6, 6.07) is 4.78. The lowest BCUT2D eigenvalue weighted by atomic mass is 10.2. The number of anilines is 1. The molecule has 2 saturated heterocycles. The van der Waals surface area contributed by atoms with Crippen molar-refractivity contribution in [3.8, 4) is 0 Å². The zero-order chi connectivity index (χ0) is 16.4. The first-order valence-corrected chi connectivity index (χ1v) is 8.94. The first-order valence-electron chi connectivity index (χ1n) is 7.38. The topological polar surface area (TPSA) is 41.9 Å². The average Bonchev–Trinajstić information content (AvgIpc) is 2.83. The van der Waals surface area contributed by atoms with Crippen LogP contribution in [0.5, 0.6) is 0 Å². The van der Waals surface area contributed by atoms with Gasteiger partial charge in [0.1, 0.15) is 5.16 Å². The van der Waals surface area contributed by atoms with Crippen molar-refractivity contribution < 1.29 is 13.9 Å². The number of rotatable bonds is 3. The molecule has 0 N–H and O–H groups in total. The lowest BCUT2D eigenvalue weighted by Gasteiger charge is -2.29. The molecule has 0 radical (unpaired) electrons. The Morgan fingerprint density at radius 3 is 2.78 bits per heavy atom. The molecule has 0 aliphatic carbocycles. The number of quaternary nitrogens is 1. The molecule has 2 aliphatic heterocycles. The van der Waals surface area contributed by atoms with Crippen LogP contribution >= 0.6 is 24.0 Å². The molecule has 1 aromatic carbocycles. The second kappa shape index (κ2) is 6.57. The number of thiocarbonyl (C=S) groups is 1. The molecular weight excluding hydrogens is 337 g/mol. The minimum Gasteiger partial charge on any atom is -0.409 e. The van der Waals surface area contributed by atoms with E-state index >= 15 is 0 Å². The maximum Gasteiger partial charge on any atom is 0.550 e. The van der Waals surface area contributed by atoms with Crippen molar-refractivity contribution in [1.29, 1.82) is 0 Å². The van der Waals surface area contributed by atoms with Crippen LogP contribution in [0.15, 0.2) is 23.3 Å². The standard InChI is InChI=1S/C15H17FN3O2S2/c1-11-9-19(17-10-22,15(20)21-11)12-2-3-14(13(16)8-12)18-4-6-23-7-5-18/h2-3,8,11H,4-7,9H2,1H3/q+1/t11?,19-/m1/s1. The second-order valence-corrected chi connectivity index (χ2v) is 6.98. The molecule has 0 bridgehead atoms. The number of benzene rings is 1. The van der Waals surface area contributed by atoms with Gasteiger partial charge in [0.05, 0.1) is 5.69 Å². The fourth-order valence-corrected chi connectivity index (χ4v) is 3.99. The molecule has 0 saturated carbocycles. The summed E-state index contributed by atoms with van der Waals surface area (Å²) in [5.41, 5.74) is 0.962. The van der Waals surface area contributed by atoms with Crippen molar-refractivity contribution in [2.45, 2.75) is 13.0 Å². The van der Waals surface area contributed by atoms with E-state index in [2.05, 4.69) is 22.5 Å². The molecule has 2 heterocycles. The maximum atomic E-state index is 14.6. The zero-order valence-corrected chi connectivity index (χ0v) is 14.3. The highest BCUT2D eigenvalue weighted by Crippen LogP contribution is 2.34. The van der Waals surface area contributed by atoms with Crippen LogP contribution in [0.1, 0.15) is 6.92 Å². The van der Waals surface area contributed by atoms with Gasteiger partial charge in [0.25, 0.3) is 0 Å². The van der Waals surface area contributed by atoms with Gasteiger partial charge in [0.2, 0.25) is 0 Å². The van der Waals surface area contributed by atoms with Crippen LogP contribution in [-0.4, -0.2) is 48.5 Å². The van der Waals surface area contributed by atoms with Gasteiger partial charge < -0.3 is 9.64 Å². The SMILES string of the molecule is CC1C[N@@+](N=C=S)(c2ccc(N3CCSCC3)c(F)c2)C(=O)O1. The van der Waals surface area contributed by atoms with Crippen LogP contribution in [0.3, 0.4) is 0 Å². The fraction of sp³-hybridized carbons (Fsp3) is 0.467. The molecule has 1 aromatic rings. The third-order valence-electron chi connectivity index (χ3n) is 4.05. The summed E-state index contributed by atoms with van der Waals surface area (Å²) in [5, 5.41) is 6.23. The lowest BCUT2D eigenvalue weighted by Crippen LogP contribution is -2.45. The Morgan fingerprint density at radius 1 is 1.48 bits per heavy atom. The third-order valence-corrected chi connectivity index (χ3v) is 5.07. The fourth-order valence-electron chi connectivity index (χ4n) is 2.95. The van der Waals surface area contributed by atoms with E-state index in [1.54, 1.807) is 19.1 Å². The smallest absolute Gasteiger partial charge is 0.409 e. The largest absolute Gasteiger partial charge is 0.550 e. The highest BCUT2D eigenvalue weighted by molar-refractivity contribution is 7.99. The Bertz CT molecular complexity index is 675. The van der Waals surface area contributed by atoms with Gasteiger partial charge in [-0.1, -0.05) is 4.59 Å². The van der Waals surface area contributed by atoms with Crippen LogP contribution in [0.4, 0.5) is 20.6 Å². The number of carbonyl (C=O) groups excluding carboxylic acids is 1. The normalized spacial score (nSPS) is 27.5. The monoisotopic (exact) mass is 354 g/mol. The number of hydrogen-bond acceptors (Lipinski definition) is 6. The van der Waals surface area contributed by atoms with Crippen LogP contribution in [-0.2, 0) is 4.74 Å². The van der Waals surface area contributed by atoms with Gasteiger partial charge in [-0.25, -0.2) is 4.39 Å². The van der Waals surface area contributed by atoms with Crippen molar-refractivity contribution in [1.82, 2.24) is 4.59 Å². The van der Waals surface area contributed by atoms with Crippen molar-refractivity contribution in [3.05, 3.63) is 24.0 Å². The summed E-state index contributed by atoms with van der Waals surface area (Å²) in [5.74, 6) is 1.61. The summed E-state index contributed by atoms with van der Waals surface area (Å²) in [4.78, 5) is 14.3. The van der Waals surface area contributed by atoms with Crippen LogP contribution in [0.25, 0.3) is 0 Å². The van der Waals surface area contributed by atoms with Crippen molar-refractivity contribution >= 4 is 46.6 Å². The molecule has 1 amide bonds. The third kappa shape index (κ3) is 2.99. The predicted octanol–water partition coefficient (Wildman–Crippen LogP) is 3.24. The van der Waals surface area contributed by atoms with Gasteiger partial charge in [-0.05, 0) is 30.3 Å². The number of ether oxygens (including phenoxy) is 1. The van der Waals surface area contributed by atoms with Gasteiger partial charge in [-0.3, -0.25) is 0 Å². The second-order valence-electron chi connectivity index (χ2n) is 5.57. The minimum absolute atomic E-state index is 0.279. The van der Waals surface area contributed by atoms with Crippen molar-refractivity contribution in [2.75, 3.05) is 36.0 Å². The van der Waals surface area contributed by atoms with Gasteiger partial charge in [0, 0.05) is 36.7 Å². The molecule has 0 spiro atoms. The Hall–Kier alpha value is -1.47. The maximum absolute atomic E-state index is 14.6. The van der Waals surface area contributed by atoms with Crippen LogP contribution in [0.2, 0.25) is 0 Å². The first kappa shape index (κ1) is 16.4. The molecule has 23 heavy (non-hydrogen) atoms. The van der Waals surface area contributed by atoms with Crippen LogP contribution in [0, 0.1) is 5.82 Å². The highest BCUT2D eigenvalue weighted by Gasteiger charge is 2.51. The summed E-state index contributed by atoms with van der Waals surface area (Å²) in [6.45, 7) is 3.69. The number of halogens is 1. The van der Waals surface area contributed by atoms with Gasteiger partial charge >= 0.3 is 6.09 Å². The van der Waals surface area contributed by atoms with Crippen molar-refractivity contribution in [3.63, 3.8) is 0 Å². The number of thioether (sulfide) groups is 1. The highest BCUT2D eigenvalue weighted by atomic mass is 32.2. The van der Waals surface area contributed by atoms with Gasteiger partial charge in [-0.15, -0.1) is 0 Å². The van der Waals surface area contributed by atoms with E-state index in [-0.39, 0.29) is 18.5 Å². The van der Waals surface area contributed by atoms with Crippen LogP contribution < -0.4 is 9.49 Å². The Morgan fingerprint density at radius 2 is 2.22 bits per heavy atom. The number of isothiocyanates is 1. The van der Waals surface area contributed by atoms with Gasteiger partial charge in [-0.2, -0.15) is 16.6 Å². The molecular formula is C15H17FN3O2S2+. The molecule has 2 aliphatic rings. The van der Waals surface area contributed by atoms with E-state index in [4.69, 9.17) is 4.74 Å². The first-order chi connectivity index (χ1) is 11.1. The Labute approximate surface area is 143 Å². The summed E-state index contributed by atoms with van der Waals surface area (Å²) >= 11 is 6.53. The van der Waals surface area contributed by atoms with E-state index < -0.39 is 10.7 Å². The number of hydrogen-bond donors (Lipinski definition) is 0. The molecule has 122 valence electrons. The molecule has 0 aromatic heterocycles. The van der Waals surface area contributed by atoms with E-state index in [1.807, 2.05) is 16.7 Å². The molecule has 3 rings (SSSR count). The predicted molar refractivity (Wildman–Crippen MR) is 93.6 cm³/mol. The Kier molecular flexibility index (Phi) is 4.68. The minimum atomic E-state index is -0.559. The van der Waals surface area contributed by atoms with E-state index in [9.17, 15) is 9.18 Å².